The highest BCUT2D eigenvalue weighted by atomic mass is 35.5. The van der Waals surface area contributed by atoms with E-state index >= 15 is 0 Å². The van der Waals surface area contributed by atoms with Crippen LogP contribution in [-0.2, 0) is 15.0 Å². The Kier molecular flexibility index (Phi) is 5.22. The summed E-state index contributed by atoms with van der Waals surface area (Å²) in [6.07, 6.45) is 3.97. The number of ketones is 2. The van der Waals surface area contributed by atoms with E-state index in [1.165, 1.54) is 0 Å². The van der Waals surface area contributed by atoms with Crippen LogP contribution in [0.5, 0.6) is 0 Å². The molecular weight excluding hydrogens is 484 g/mol. The topological polar surface area (TPSA) is 66.5 Å². The fourth-order valence-electron chi connectivity index (χ4n) is 6.39. The molecule has 0 aromatic heterocycles. The third-order valence-electron chi connectivity index (χ3n) is 7.97. The number of para-hydroxylation sites is 2. The first-order valence-corrected chi connectivity index (χ1v) is 12.8. The van der Waals surface area contributed by atoms with Crippen molar-refractivity contribution in [2.24, 2.45) is 11.3 Å². The number of Topliss-reactive ketones (excluding diaryl/α,β-unsaturated/α-hetero) is 2. The normalized spacial score (nSPS) is 25.5. The number of benzene rings is 3. The Morgan fingerprint density at radius 3 is 2.38 bits per heavy atom. The van der Waals surface area contributed by atoms with Crippen LogP contribution < -0.4 is 10.2 Å². The van der Waals surface area contributed by atoms with Gasteiger partial charge < -0.3 is 10.2 Å². The summed E-state index contributed by atoms with van der Waals surface area (Å²) >= 11 is 6.55. The standard InChI is InChI=1S/C31H27ClN2O3/c1-30(2,3)28(36)26-25(27(35)19-11-5-7-13-21(19)32)31(20-12-6-8-14-22(20)33-29(31)37)24-17-16-18-10-4-9-15-23(18)34(24)26/h4-17,24-26H,1-3H3,(H,33,37). The van der Waals surface area contributed by atoms with Crippen LogP contribution in [-0.4, -0.2) is 29.6 Å². The number of amides is 1. The number of carbonyl (C=O) groups is 3. The SMILES string of the molecule is CC(C)(C)C(=O)C1C(C(=O)c2ccccc2Cl)C2(C(=O)Nc3ccccc32)C2C=Cc3ccccc3N12. The summed E-state index contributed by atoms with van der Waals surface area (Å²) in [7, 11) is 0. The fraction of sp³-hybridized carbons (Fsp3) is 0.258. The van der Waals surface area contributed by atoms with E-state index in [2.05, 4.69) is 5.32 Å². The zero-order chi connectivity index (χ0) is 26.1. The Hall–Kier alpha value is -3.70. The third kappa shape index (κ3) is 3.20. The van der Waals surface area contributed by atoms with Gasteiger partial charge in [0.1, 0.15) is 11.5 Å². The predicted molar refractivity (Wildman–Crippen MR) is 146 cm³/mol. The summed E-state index contributed by atoms with van der Waals surface area (Å²) < 4.78 is 0. The highest BCUT2D eigenvalue weighted by Crippen LogP contribution is 2.58. The Balaban J connectivity index is 1.70. The van der Waals surface area contributed by atoms with Gasteiger partial charge in [0.2, 0.25) is 5.91 Å². The molecule has 4 atom stereocenters. The van der Waals surface area contributed by atoms with Crippen molar-refractivity contribution in [2.45, 2.75) is 38.3 Å². The second-order valence-corrected chi connectivity index (χ2v) is 11.4. The summed E-state index contributed by atoms with van der Waals surface area (Å²) in [5, 5.41) is 3.34. The maximum atomic E-state index is 14.6. The van der Waals surface area contributed by atoms with Crippen molar-refractivity contribution in [1.82, 2.24) is 0 Å². The summed E-state index contributed by atoms with van der Waals surface area (Å²) in [5.41, 5.74) is 1.41. The van der Waals surface area contributed by atoms with Crippen LogP contribution in [0.4, 0.5) is 11.4 Å². The van der Waals surface area contributed by atoms with E-state index in [4.69, 9.17) is 11.6 Å². The van der Waals surface area contributed by atoms with Crippen molar-refractivity contribution in [3.63, 3.8) is 0 Å². The Labute approximate surface area is 221 Å². The summed E-state index contributed by atoms with van der Waals surface area (Å²) in [4.78, 5) is 45.2. The molecule has 3 aliphatic heterocycles. The molecule has 5 nitrogen and oxygen atoms in total. The molecule has 3 heterocycles. The average molecular weight is 511 g/mol. The van der Waals surface area contributed by atoms with Crippen molar-refractivity contribution in [2.75, 3.05) is 10.2 Å². The zero-order valence-electron chi connectivity index (χ0n) is 20.9. The van der Waals surface area contributed by atoms with E-state index in [0.29, 0.717) is 16.3 Å². The summed E-state index contributed by atoms with van der Waals surface area (Å²) in [6.45, 7) is 5.59. The van der Waals surface area contributed by atoms with Crippen molar-refractivity contribution in [1.29, 1.82) is 0 Å². The van der Waals surface area contributed by atoms with Gasteiger partial charge in [0.15, 0.2) is 11.6 Å². The number of halogens is 1. The van der Waals surface area contributed by atoms with E-state index in [1.54, 1.807) is 24.3 Å². The molecule has 6 heteroatoms. The van der Waals surface area contributed by atoms with Crippen molar-refractivity contribution >= 4 is 46.5 Å². The van der Waals surface area contributed by atoms with Gasteiger partial charge in [-0.3, -0.25) is 14.4 Å². The molecule has 3 aliphatic rings. The predicted octanol–water partition coefficient (Wildman–Crippen LogP) is 5.93. The van der Waals surface area contributed by atoms with Crippen LogP contribution in [0, 0.1) is 11.3 Å². The van der Waals surface area contributed by atoms with E-state index in [1.807, 2.05) is 86.4 Å². The number of hydrogen-bond acceptors (Lipinski definition) is 4. The van der Waals surface area contributed by atoms with E-state index in [9.17, 15) is 14.4 Å². The zero-order valence-corrected chi connectivity index (χ0v) is 21.6. The van der Waals surface area contributed by atoms with Gasteiger partial charge in [-0.05, 0) is 35.4 Å². The maximum Gasteiger partial charge on any atom is 0.238 e. The first-order valence-electron chi connectivity index (χ1n) is 12.5. The van der Waals surface area contributed by atoms with Gasteiger partial charge in [-0.25, -0.2) is 0 Å². The smallest absolute Gasteiger partial charge is 0.238 e. The van der Waals surface area contributed by atoms with Crippen molar-refractivity contribution in [3.05, 3.63) is 101 Å². The Bertz CT molecular complexity index is 1500. The van der Waals surface area contributed by atoms with Crippen LogP contribution >= 0.6 is 11.6 Å². The molecular formula is C31H27ClN2O3. The first kappa shape index (κ1) is 23.7. The van der Waals surface area contributed by atoms with Crippen LogP contribution in [0.15, 0.2) is 78.9 Å². The lowest BCUT2D eigenvalue weighted by atomic mass is 9.63. The second-order valence-electron chi connectivity index (χ2n) is 11.0. The number of nitrogens with zero attached hydrogens (tertiary/aromatic N) is 1. The summed E-state index contributed by atoms with van der Waals surface area (Å²) in [6, 6.07) is 20.7. The van der Waals surface area contributed by atoms with Crippen LogP contribution in [0.3, 0.4) is 0 Å². The molecule has 3 aromatic carbocycles. The lowest BCUT2D eigenvalue weighted by Gasteiger charge is -2.38. The molecule has 1 spiro atoms. The minimum atomic E-state index is -1.32. The largest absolute Gasteiger partial charge is 0.352 e. The van der Waals surface area contributed by atoms with Gasteiger partial charge in [0.05, 0.1) is 17.0 Å². The Morgan fingerprint density at radius 1 is 0.946 bits per heavy atom. The van der Waals surface area contributed by atoms with Gasteiger partial charge in [-0.2, -0.15) is 0 Å². The quantitative estimate of drug-likeness (QED) is 0.443. The third-order valence-corrected chi connectivity index (χ3v) is 8.30. The van der Waals surface area contributed by atoms with Gasteiger partial charge >= 0.3 is 0 Å². The van der Waals surface area contributed by atoms with Crippen LogP contribution in [0.1, 0.15) is 42.3 Å². The highest BCUT2D eigenvalue weighted by molar-refractivity contribution is 6.34. The van der Waals surface area contributed by atoms with Crippen LogP contribution in [0.2, 0.25) is 5.02 Å². The molecule has 0 saturated carbocycles. The number of anilines is 2. The van der Waals surface area contributed by atoms with E-state index in [0.717, 1.165) is 16.8 Å². The van der Waals surface area contributed by atoms with Gasteiger partial charge in [0, 0.05) is 22.4 Å². The number of hydrogen-bond donors (Lipinski definition) is 1. The number of carbonyl (C=O) groups excluding carboxylic acids is 3. The molecule has 0 bridgehead atoms. The van der Waals surface area contributed by atoms with E-state index in [-0.39, 0.29) is 17.5 Å². The number of nitrogens with one attached hydrogen (secondary N) is 1. The molecule has 37 heavy (non-hydrogen) atoms. The maximum absolute atomic E-state index is 14.6. The molecule has 186 valence electrons. The molecule has 1 N–H and O–H groups in total. The van der Waals surface area contributed by atoms with E-state index < -0.39 is 28.8 Å². The fourth-order valence-corrected chi connectivity index (χ4v) is 6.62. The van der Waals surface area contributed by atoms with Crippen molar-refractivity contribution in [3.8, 4) is 0 Å². The summed E-state index contributed by atoms with van der Waals surface area (Å²) in [5.74, 6) is -1.67. The average Bonchev–Trinajstić information content (AvgIpc) is 3.35. The van der Waals surface area contributed by atoms with Crippen molar-refractivity contribution < 1.29 is 14.4 Å². The minimum Gasteiger partial charge on any atom is -0.352 e. The van der Waals surface area contributed by atoms with Crippen LogP contribution in [0.25, 0.3) is 6.08 Å². The second kappa shape index (κ2) is 8.15. The molecule has 1 fully saturated rings. The first-order chi connectivity index (χ1) is 17.7. The Morgan fingerprint density at radius 2 is 1.62 bits per heavy atom. The van der Waals surface area contributed by atoms with Gasteiger partial charge in [-0.1, -0.05) is 93.1 Å². The number of fused-ring (bicyclic) bond motifs is 6. The van der Waals surface area contributed by atoms with Gasteiger partial charge in [0.25, 0.3) is 0 Å². The minimum absolute atomic E-state index is 0.0953. The lowest BCUT2D eigenvalue weighted by molar-refractivity contribution is -0.128. The molecule has 0 radical (unpaired) electrons. The molecule has 1 amide bonds. The molecule has 1 saturated heterocycles. The molecule has 3 aromatic rings. The molecule has 0 aliphatic carbocycles. The highest BCUT2D eigenvalue weighted by Gasteiger charge is 2.70. The lowest BCUT2D eigenvalue weighted by Crippen LogP contribution is -2.51. The monoisotopic (exact) mass is 510 g/mol. The van der Waals surface area contributed by atoms with Gasteiger partial charge in [-0.15, -0.1) is 0 Å². The molecule has 6 rings (SSSR count). The number of rotatable bonds is 3. The molecule has 4 unspecified atom stereocenters.